The van der Waals surface area contributed by atoms with Crippen LogP contribution in [0.2, 0.25) is 0 Å². The lowest BCUT2D eigenvalue weighted by molar-refractivity contribution is 0.103. The van der Waals surface area contributed by atoms with Gasteiger partial charge in [-0.2, -0.15) is 0 Å². The molecule has 0 atom stereocenters. The Bertz CT molecular complexity index is 1140. The fourth-order valence-electron chi connectivity index (χ4n) is 3.43. The fourth-order valence-corrected chi connectivity index (χ4v) is 3.43. The van der Waals surface area contributed by atoms with Gasteiger partial charge < -0.3 is 4.74 Å². The Morgan fingerprint density at radius 1 is 0.548 bits per heavy atom. The van der Waals surface area contributed by atoms with Crippen molar-refractivity contribution in [2.45, 2.75) is 13.8 Å². The SMILES string of the molecule is Cc1ccc(Oc2ccc(C)cc2C(=O)c2ccccc2)c(C(=O)c2ccccc2)c1. The van der Waals surface area contributed by atoms with E-state index in [2.05, 4.69) is 0 Å². The first-order valence-corrected chi connectivity index (χ1v) is 10.1. The van der Waals surface area contributed by atoms with Crippen LogP contribution in [0.1, 0.15) is 43.0 Å². The number of hydrogen-bond donors (Lipinski definition) is 0. The van der Waals surface area contributed by atoms with Crippen molar-refractivity contribution in [1.82, 2.24) is 0 Å². The van der Waals surface area contributed by atoms with Crippen LogP contribution in [0.25, 0.3) is 0 Å². The molecule has 0 N–H and O–H groups in total. The van der Waals surface area contributed by atoms with Crippen molar-refractivity contribution < 1.29 is 14.3 Å². The quantitative estimate of drug-likeness (QED) is 0.341. The molecule has 0 aliphatic heterocycles. The second-order valence-corrected chi connectivity index (χ2v) is 7.49. The van der Waals surface area contributed by atoms with Gasteiger partial charge in [-0.05, 0) is 38.1 Å². The number of carbonyl (C=O) groups excluding carboxylic acids is 2. The van der Waals surface area contributed by atoms with E-state index in [1.165, 1.54) is 0 Å². The molecule has 0 saturated carbocycles. The summed E-state index contributed by atoms with van der Waals surface area (Å²) in [5.41, 5.74) is 4.01. The maximum atomic E-state index is 13.2. The highest BCUT2D eigenvalue weighted by atomic mass is 16.5. The van der Waals surface area contributed by atoms with Crippen molar-refractivity contribution in [2.75, 3.05) is 0 Å². The molecule has 0 aromatic heterocycles. The zero-order valence-electron chi connectivity index (χ0n) is 17.5. The second-order valence-electron chi connectivity index (χ2n) is 7.49. The summed E-state index contributed by atoms with van der Waals surface area (Å²) in [5.74, 6) is 0.598. The molecule has 4 aromatic rings. The largest absolute Gasteiger partial charge is 0.456 e. The predicted molar refractivity (Wildman–Crippen MR) is 122 cm³/mol. The number of benzene rings is 4. The summed E-state index contributed by atoms with van der Waals surface area (Å²) in [6, 6.07) is 29.2. The molecule has 3 heteroatoms. The van der Waals surface area contributed by atoms with Gasteiger partial charge >= 0.3 is 0 Å². The van der Waals surface area contributed by atoms with Gasteiger partial charge in [-0.15, -0.1) is 0 Å². The summed E-state index contributed by atoms with van der Waals surface area (Å²) in [7, 11) is 0. The van der Waals surface area contributed by atoms with Gasteiger partial charge in [-0.25, -0.2) is 0 Å². The zero-order chi connectivity index (χ0) is 21.8. The standard InChI is InChI=1S/C28H22O3/c1-19-13-15-25(23(17-19)27(29)21-9-5-3-6-10-21)31-26-16-14-20(2)18-24(26)28(30)22-11-7-4-8-12-22/h3-18H,1-2H3. The van der Waals surface area contributed by atoms with Crippen LogP contribution in [0, 0.1) is 13.8 Å². The first kappa shape index (κ1) is 20.3. The maximum absolute atomic E-state index is 13.2. The van der Waals surface area contributed by atoms with Gasteiger partial charge in [0.1, 0.15) is 11.5 Å². The smallest absolute Gasteiger partial charge is 0.196 e. The third-order valence-electron chi connectivity index (χ3n) is 5.05. The Morgan fingerprint density at radius 2 is 0.935 bits per heavy atom. The topological polar surface area (TPSA) is 43.4 Å². The Kier molecular flexibility index (Phi) is 5.76. The van der Waals surface area contributed by atoms with Gasteiger partial charge in [0.2, 0.25) is 0 Å². The minimum Gasteiger partial charge on any atom is -0.456 e. The molecular weight excluding hydrogens is 384 g/mol. The summed E-state index contributed by atoms with van der Waals surface area (Å²) < 4.78 is 6.19. The van der Waals surface area contributed by atoms with Gasteiger partial charge in [0.25, 0.3) is 0 Å². The number of rotatable bonds is 6. The van der Waals surface area contributed by atoms with Crippen LogP contribution in [0.15, 0.2) is 97.1 Å². The van der Waals surface area contributed by atoms with Gasteiger partial charge in [0, 0.05) is 11.1 Å². The van der Waals surface area contributed by atoms with E-state index in [0.717, 1.165) is 11.1 Å². The van der Waals surface area contributed by atoms with Crippen LogP contribution in [-0.4, -0.2) is 11.6 Å². The van der Waals surface area contributed by atoms with Crippen molar-refractivity contribution in [1.29, 1.82) is 0 Å². The Labute approximate surface area is 181 Å². The van der Waals surface area contributed by atoms with Crippen LogP contribution in [-0.2, 0) is 0 Å². The zero-order valence-corrected chi connectivity index (χ0v) is 17.5. The maximum Gasteiger partial charge on any atom is 0.196 e. The second kappa shape index (κ2) is 8.80. The van der Waals surface area contributed by atoms with E-state index in [1.54, 1.807) is 36.4 Å². The van der Waals surface area contributed by atoms with E-state index in [0.29, 0.717) is 33.8 Å². The van der Waals surface area contributed by atoms with Crippen molar-refractivity contribution >= 4 is 11.6 Å². The van der Waals surface area contributed by atoms with E-state index in [4.69, 9.17) is 4.74 Å². The minimum atomic E-state index is -0.123. The highest BCUT2D eigenvalue weighted by Gasteiger charge is 2.19. The van der Waals surface area contributed by atoms with Gasteiger partial charge in [-0.3, -0.25) is 9.59 Å². The molecule has 31 heavy (non-hydrogen) atoms. The summed E-state index contributed by atoms with van der Waals surface area (Å²) in [6.45, 7) is 3.86. The number of carbonyl (C=O) groups is 2. The lowest BCUT2D eigenvalue weighted by Crippen LogP contribution is -2.07. The number of aryl methyl sites for hydroxylation is 2. The number of ketones is 2. The van der Waals surface area contributed by atoms with Gasteiger partial charge in [0.05, 0.1) is 11.1 Å². The summed E-state index contributed by atoms with van der Waals surface area (Å²) in [6.07, 6.45) is 0. The summed E-state index contributed by atoms with van der Waals surface area (Å²) in [5, 5.41) is 0. The predicted octanol–water partition coefficient (Wildman–Crippen LogP) is 6.56. The fraction of sp³-hybridized carbons (Fsp3) is 0.0714. The highest BCUT2D eigenvalue weighted by molar-refractivity contribution is 6.12. The number of ether oxygens (including phenoxy) is 1. The molecular formula is C28H22O3. The molecule has 0 unspecified atom stereocenters. The Hall–Kier alpha value is -3.98. The van der Waals surface area contributed by atoms with E-state index >= 15 is 0 Å². The van der Waals surface area contributed by atoms with Crippen molar-refractivity contribution in [2.24, 2.45) is 0 Å². The first-order valence-electron chi connectivity index (χ1n) is 10.1. The molecule has 0 fully saturated rings. The van der Waals surface area contributed by atoms with Gasteiger partial charge in [0.15, 0.2) is 11.6 Å². The average Bonchev–Trinajstić information content (AvgIpc) is 2.81. The first-order chi connectivity index (χ1) is 15.0. The molecule has 4 rings (SSSR count). The average molecular weight is 406 g/mol. The Morgan fingerprint density at radius 3 is 1.32 bits per heavy atom. The Balaban J connectivity index is 1.76. The lowest BCUT2D eigenvalue weighted by atomic mass is 9.99. The van der Waals surface area contributed by atoms with E-state index < -0.39 is 0 Å². The van der Waals surface area contributed by atoms with E-state index in [1.807, 2.05) is 74.5 Å². The summed E-state index contributed by atoms with van der Waals surface area (Å²) >= 11 is 0. The van der Waals surface area contributed by atoms with Crippen molar-refractivity contribution in [3.63, 3.8) is 0 Å². The summed E-state index contributed by atoms with van der Waals surface area (Å²) in [4.78, 5) is 26.3. The van der Waals surface area contributed by atoms with Crippen LogP contribution in [0.3, 0.4) is 0 Å². The molecule has 0 amide bonds. The molecule has 0 spiro atoms. The normalized spacial score (nSPS) is 10.5. The lowest BCUT2D eigenvalue weighted by Gasteiger charge is -2.15. The van der Waals surface area contributed by atoms with E-state index in [9.17, 15) is 9.59 Å². The van der Waals surface area contributed by atoms with Crippen LogP contribution in [0.5, 0.6) is 11.5 Å². The number of hydrogen-bond acceptors (Lipinski definition) is 3. The third-order valence-corrected chi connectivity index (χ3v) is 5.05. The molecule has 0 saturated heterocycles. The molecule has 0 heterocycles. The monoisotopic (exact) mass is 406 g/mol. The minimum absolute atomic E-state index is 0.123. The van der Waals surface area contributed by atoms with Crippen molar-refractivity contribution in [3.05, 3.63) is 130 Å². The molecule has 4 aromatic carbocycles. The molecule has 0 bridgehead atoms. The molecule has 0 radical (unpaired) electrons. The molecule has 152 valence electrons. The van der Waals surface area contributed by atoms with E-state index in [-0.39, 0.29) is 11.6 Å². The third kappa shape index (κ3) is 4.46. The van der Waals surface area contributed by atoms with Crippen LogP contribution >= 0.6 is 0 Å². The van der Waals surface area contributed by atoms with Crippen LogP contribution in [0.4, 0.5) is 0 Å². The van der Waals surface area contributed by atoms with Crippen LogP contribution < -0.4 is 4.74 Å². The van der Waals surface area contributed by atoms with Crippen molar-refractivity contribution in [3.8, 4) is 11.5 Å². The van der Waals surface area contributed by atoms with Gasteiger partial charge in [-0.1, -0.05) is 83.9 Å². The highest BCUT2D eigenvalue weighted by Crippen LogP contribution is 2.32. The molecule has 0 aliphatic carbocycles. The molecule has 3 nitrogen and oxygen atoms in total. The molecule has 0 aliphatic rings.